The maximum atomic E-state index is 12.8. The van der Waals surface area contributed by atoms with Gasteiger partial charge in [-0.2, -0.15) is 0 Å². The zero-order valence-corrected chi connectivity index (χ0v) is 15.2. The van der Waals surface area contributed by atoms with Crippen LogP contribution in [-0.4, -0.2) is 35.2 Å². The van der Waals surface area contributed by atoms with E-state index in [2.05, 4.69) is 0 Å². The molecule has 1 aliphatic heterocycles. The lowest BCUT2D eigenvalue weighted by atomic mass is 10.2. The number of hydrogen-bond acceptors (Lipinski definition) is 5. The molecular formula is C18H14ClNO5S. The first-order chi connectivity index (χ1) is 12.4. The van der Waals surface area contributed by atoms with Gasteiger partial charge in [-0.3, -0.25) is 9.59 Å². The number of rotatable bonds is 5. The lowest BCUT2D eigenvalue weighted by Gasteiger charge is -2.17. The molecule has 0 aliphatic carbocycles. The molecule has 1 aliphatic rings. The normalized spacial score (nSPS) is 16.8. The van der Waals surface area contributed by atoms with Crippen LogP contribution in [0.4, 0.5) is 5.69 Å². The minimum absolute atomic E-state index is 0.0367. The number of methoxy groups -OCH3 is 1. The highest BCUT2D eigenvalue weighted by atomic mass is 35.5. The molecule has 1 saturated heterocycles. The van der Waals surface area contributed by atoms with Gasteiger partial charge < -0.3 is 9.84 Å². The Kier molecular flexibility index (Phi) is 5.20. The Morgan fingerprint density at radius 2 is 2.00 bits per heavy atom. The molecule has 1 atom stereocenters. The number of carbonyl (C=O) groups is 3. The van der Waals surface area contributed by atoms with Gasteiger partial charge >= 0.3 is 5.97 Å². The molecule has 8 heteroatoms. The van der Waals surface area contributed by atoms with Crippen molar-refractivity contribution >= 4 is 46.8 Å². The van der Waals surface area contributed by atoms with Gasteiger partial charge in [-0.15, -0.1) is 11.8 Å². The van der Waals surface area contributed by atoms with Crippen LogP contribution >= 0.6 is 23.4 Å². The minimum Gasteiger partial charge on any atom is -0.497 e. The van der Waals surface area contributed by atoms with E-state index in [1.165, 1.54) is 19.2 Å². The van der Waals surface area contributed by atoms with Gasteiger partial charge in [0.25, 0.3) is 0 Å². The highest BCUT2D eigenvalue weighted by Crippen LogP contribution is 2.38. The van der Waals surface area contributed by atoms with Crippen molar-refractivity contribution < 1.29 is 24.2 Å². The SMILES string of the molecule is COc1ccc(Cl)c(N2C(=O)C[C@H](Sc3ccccc3C(=O)O)C2=O)c1. The molecule has 0 radical (unpaired) electrons. The molecule has 1 fully saturated rings. The number of benzene rings is 2. The minimum atomic E-state index is -1.09. The highest BCUT2D eigenvalue weighted by molar-refractivity contribution is 8.00. The monoisotopic (exact) mass is 391 g/mol. The van der Waals surface area contributed by atoms with Crippen molar-refractivity contribution in [3.8, 4) is 5.75 Å². The second kappa shape index (κ2) is 7.39. The summed E-state index contributed by atoms with van der Waals surface area (Å²) in [6.07, 6.45) is -0.0367. The molecule has 26 heavy (non-hydrogen) atoms. The van der Waals surface area contributed by atoms with Crippen molar-refractivity contribution in [1.82, 2.24) is 0 Å². The summed E-state index contributed by atoms with van der Waals surface area (Å²) in [6, 6.07) is 11.1. The average molecular weight is 392 g/mol. The van der Waals surface area contributed by atoms with E-state index < -0.39 is 23.0 Å². The highest BCUT2D eigenvalue weighted by Gasteiger charge is 2.41. The van der Waals surface area contributed by atoms with Gasteiger partial charge in [-0.05, 0) is 24.3 Å². The summed E-state index contributed by atoms with van der Waals surface area (Å²) in [6.45, 7) is 0. The van der Waals surface area contributed by atoms with E-state index in [9.17, 15) is 19.5 Å². The molecule has 0 saturated carbocycles. The third-order valence-electron chi connectivity index (χ3n) is 3.89. The molecule has 1 heterocycles. The number of imide groups is 1. The van der Waals surface area contributed by atoms with Crippen LogP contribution in [0.1, 0.15) is 16.8 Å². The van der Waals surface area contributed by atoms with Gasteiger partial charge in [0.1, 0.15) is 5.75 Å². The van der Waals surface area contributed by atoms with Crippen molar-refractivity contribution in [2.45, 2.75) is 16.6 Å². The van der Waals surface area contributed by atoms with E-state index in [1.54, 1.807) is 30.3 Å². The fourth-order valence-corrected chi connectivity index (χ4v) is 4.02. The van der Waals surface area contributed by atoms with E-state index in [0.717, 1.165) is 16.7 Å². The number of carboxylic acid groups (broad SMARTS) is 1. The summed E-state index contributed by atoms with van der Waals surface area (Å²) in [5, 5.41) is 8.81. The number of amides is 2. The first-order valence-corrected chi connectivity index (χ1v) is 8.87. The molecular weight excluding hydrogens is 378 g/mol. The van der Waals surface area contributed by atoms with Crippen molar-refractivity contribution in [2.24, 2.45) is 0 Å². The summed E-state index contributed by atoms with van der Waals surface area (Å²) in [7, 11) is 1.47. The lowest BCUT2D eigenvalue weighted by molar-refractivity contribution is -0.121. The van der Waals surface area contributed by atoms with Crippen LogP contribution in [0.2, 0.25) is 5.02 Å². The summed E-state index contributed by atoms with van der Waals surface area (Å²) < 4.78 is 5.13. The van der Waals surface area contributed by atoms with Gasteiger partial charge in [-0.25, -0.2) is 9.69 Å². The van der Waals surface area contributed by atoms with E-state index in [4.69, 9.17) is 16.3 Å². The second-order valence-corrected chi connectivity index (χ2v) is 7.15. The third-order valence-corrected chi connectivity index (χ3v) is 5.47. The summed E-state index contributed by atoms with van der Waals surface area (Å²) in [5.74, 6) is -1.44. The number of carboxylic acids is 1. The van der Waals surface area contributed by atoms with E-state index >= 15 is 0 Å². The first-order valence-electron chi connectivity index (χ1n) is 7.61. The van der Waals surface area contributed by atoms with E-state index in [-0.39, 0.29) is 22.7 Å². The first kappa shape index (κ1) is 18.3. The Labute approximate surface area is 158 Å². The van der Waals surface area contributed by atoms with Crippen LogP contribution in [0.15, 0.2) is 47.4 Å². The number of nitrogens with zero attached hydrogens (tertiary/aromatic N) is 1. The van der Waals surface area contributed by atoms with Gasteiger partial charge in [-0.1, -0.05) is 23.7 Å². The number of thioether (sulfide) groups is 1. The van der Waals surface area contributed by atoms with Gasteiger partial charge in [0.05, 0.1) is 28.6 Å². The lowest BCUT2D eigenvalue weighted by Crippen LogP contribution is -2.31. The van der Waals surface area contributed by atoms with Crippen molar-refractivity contribution in [2.75, 3.05) is 12.0 Å². The topological polar surface area (TPSA) is 83.9 Å². The standard InChI is InChI=1S/C18H14ClNO5S/c1-25-10-6-7-12(19)13(8-10)20-16(21)9-15(17(20)22)26-14-5-3-2-4-11(14)18(23)24/h2-8,15H,9H2,1H3,(H,23,24)/t15-/m0/s1. The molecule has 2 aromatic carbocycles. The third kappa shape index (κ3) is 3.40. The van der Waals surface area contributed by atoms with Crippen LogP contribution in [0.3, 0.4) is 0 Å². The predicted octanol–water partition coefficient (Wildman–Crippen LogP) is 3.47. The number of anilines is 1. The fraction of sp³-hybridized carbons (Fsp3) is 0.167. The van der Waals surface area contributed by atoms with Crippen LogP contribution < -0.4 is 9.64 Å². The van der Waals surface area contributed by atoms with E-state index in [0.29, 0.717) is 10.6 Å². The van der Waals surface area contributed by atoms with Crippen molar-refractivity contribution in [3.63, 3.8) is 0 Å². The average Bonchev–Trinajstić information content (AvgIpc) is 2.89. The second-order valence-electron chi connectivity index (χ2n) is 5.50. The summed E-state index contributed by atoms with van der Waals surface area (Å²) in [4.78, 5) is 38.0. The summed E-state index contributed by atoms with van der Waals surface area (Å²) >= 11 is 7.22. The molecule has 3 rings (SSSR count). The van der Waals surface area contributed by atoms with Crippen molar-refractivity contribution in [3.05, 3.63) is 53.1 Å². The fourth-order valence-electron chi connectivity index (χ4n) is 2.64. The Hall–Kier alpha value is -2.51. The molecule has 134 valence electrons. The molecule has 2 aromatic rings. The van der Waals surface area contributed by atoms with E-state index in [1.807, 2.05) is 0 Å². The molecule has 2 amide bonds. The molecule has 0 unspecified atom stereocenters. The van der Waals surface area contributed by atoms with Crippen LogP contribution in [-0.2, 0) is 9.59 Å². The number of halogens is 1. The Morgan fingerprint density at radius 1 is 1.27 bits per heavy atom. The zero-order valence-electron chi connectivity index (χ0n) is 13.6. The number of ether oxygens (including phenoxy) is 1. The molecule has 1 N–H and O–H groups in total. The largest absolute Gasteiger partial charge is 0.497 e. The smallest absolute Gasteiger partial charge is 0.336 e. The molecule has 6 nitrogen and oxygen atoms in total. The maximum Gasteiger partial charge on any atom is 0.336 e. The Morgan fingerprint density at radius 3 is 2.69 bits per heavy atom. The maximum absolute atomic E-state index is 12.8. The number of hydrogen-bond donors (Lipinski definition) is 1. The van der Waals surface area contributed by atoms with Crippen LogP contribution in [0.5, 0.6) is 5.75 Å². The number of carbonyl (C=O) groups excluding carboxylic acids is 2. The zero-order chi connectivity index (χ0) is 18.8. The quantitative estimate of drug-likeness (QED) is 0.785. The number of aromatic carboxylic acids is 1. The molecule has 0 aromatic heterocycles. The Balaban J connectivity index is 1.90. The molecule has 0 spiro atoms. The van der Waals surface area contributed by atoms with Gasteiger partial charge in [0.15, 0.2) is 0 Å². The van der Waals surface area contributed by atoms with Gasteiger partial charge in [0.2, 0.25) is 11.8 Å². The van der Waals surface area contributed by atoms with Gasteiger partial charge in [0, 0.05) is 17.4 Å². The Bertz CT molecular complexity index is 901. The van der Waals surface area contributed by atoms with Crippen molar-refractivity contribution in [1.29, 1.82) is 0 Å². The van der Waals surface area contributed by atoms with Crippen LogP contribution in [0.25, 0.3) is 0 Å². The predicted molar refractivity (Wildman–Crippen MR) is 98.2 cm³/mol. The molecule has 0 bridgehead atoms. The van der Waals surface area contributed by atoms with Crippen LogP contribution in [0, 0.1) is 0 Å². The summed E-state index contributed by atoms with van der Waals surface area (Å²) in [5.41, 5.74) is 0.353.